The third kappa shape index (κ3) is 3.37. The molecule has 6 heteroatoms. The molecule has 2 fully saturated rings. The minimum absolute atomic E-state index is 0.102. The average molecular weight is 334 g/mol. The zero-order valence-electron chi connectivity index (χ0n) is 14.4. The maximum Gasteiger partial charge on any atom is 0.410 e. The fourth-order valence-corrected chi connectivity index (χ4v) is 3.24. The van der Waals surface area contributed by atoms with Crippen LogP contribution in [-0.2, 0) is 9.53 Å². The van der Waals surface area contributed by atoms with Crippen molar-refractivity contribution in [1.29, 1.82) is 0 Å². The number of carbonyl (C=O) groups is 2. The van der Waals surface area contributed by atoms with Gasteiger partial charge < -0.3 is 15.0 Å². The third-order valence-electron chi connectivity index (χ3n) is 4.51. The highest BCUT2D eigenvalue weighted by Crippen LogP contribution is 2.49. The Morgan fingerprint density at radius 1 is 1.33 bits per heavy atom. The number of hydrogen-bond acceptors (Lipinski definition) is 3. The van der Waals surface area contributed by atoms with Crippen molar-refractivity contribution >= 4 is 17.7 Å². The van der Waals surface area contributed by atoms with Gasteiger partial charge in [-0.2, -0.15) is 0 Å². The molecule has 3 atom stereocenters. The quantitative estimate of drug-likeness (QED) is 0.902. The van der Waals surface area contributed by atoms with Gasteiger partial charge in [0, 0.05) is 18.3 Å². The van der Waals surface area contributed by atoms with Crippen LogP contribution in [0.4, 0.5) is 14.9 Å². The Bertz CT molecular complexity index is 683. The minimum Gasteiger partial charge on any atom is -0.444 e. The number of fused-ring (bicyclic) bond motifs is 1. The van der Waals surface area contributed by atoms with Gasteiger partial charge in [0.1, 0.15) is 11.4 Å². The number of rotatable bonds is 2. The fraction of sp³-hybridized carbons (Fsp3) is 0.556. The molecule has 24 heavy (non-hydrogen) atoms. The van der Waals surface area contributed by atoms with E-state index in [0.717, 1.165) is 6.42 Å². The predicted molar refractivity (Wildman–Crippen MR) is 88.1 cm³/mol. The van der Waals surface area contributed by atoms with E-state index in [0.29, 0.717) is 17.8 Å². The van der Waals surface area contributed by atoms with E-state index in [1.807, 2.05) is 20.8 Å². The molecule has 0 spiro atoms. The highest BCUT2D eigenvalue weighted by molar-refractivity contribution is 5.94. The van der Waals surface area contributed by atoms with Gasteiger partial charge in [0.2, 0.25) is 5.91 Å². The van der Waals surface area contributed by atoms with Crippen molar-refractivity contribution < 1.29 is 18.7 Å². The number of amides is 2. The van der Waals surface area contributed by atoms with Crippen LogP contribution in [0, 0.1) is 24.6 Å². The summed E-state index contributed by atoms with van der Waals surface area (Å²) in [4.78, 5) is 26.4. The topological polar surface area (TPSA) is 58.6 Å². The van der Waals surface area contributed by atoms with Crippen LogP contribution in [0.3, 0.4) is 0 Å². The van der Waals surface area contributed by atoms with Crippen LogP contribution in [0.5, 0.6) is 0 Å². The molecule has 3 unspecified atom stereocenters. The van der Waals surface area contributed by atoms with Crippen molar-refractivity contribution in [2.45, 2.75) is 45.8 Å². The first-order valence-corrected chi connectivity index (χ1v) is 8.22. The number of benzene rings is 1. The van der Waals surface area contributed by atoms with Crippen molar-refractivity contribution in [3.8, 4) is 0 Å². The summed E-state index contributed by atoms with van der Waals surface area (Å²) in [7, 11) is 0. The number of likely N-dealkylation sites (tertiary alicyclic amines) is 1. The normalized spacial score (nSPS) is 25.2. The Labute approximate surface area is 141 Å². The van der Waals surface area contributed by atoms with Gasteiger partial charge in [-0.15, -0.1) is 0 Å². The lowest BCUT2D eigenvalue weighted by Crippen LogP contribution is -2.39. The molecule has 0 bridgehead atoms. The molecule has 0 aromatic heterocycles. The van der Waals surface area contributed by atoms with Gasteiger partial charge >= 0.3 is 6.09 Å². The minimum atomic E-state index is -0.548. The molecule has 2 aliphatic rings. The molecular weight excluding hydrogens is 311 g/mol. The van der Waals surface area contributed by atoms with E-state index in [2.05, 4.69) is 5.32 Å². The lowest BCUT2D eigenvalue weighted by atomic mass is 10.0. The van der Waals surface area contributed by atoms with Gasteiger partial charge in [0.05, 0.1) is 5.92 Å². The molecule has 1 heterocycles. The molecule has 1 saturated carbocycles. The lowest BCUT2D eigenvalue weighted by molar-refractivity contribution is -0.120. The molecule has 1 aromatic carbocycles. The second-order valence-corrected chi connectivity index (χ2v) is 7.66. The summed E-state index contributed by atoms with van der Waals surface area (Å²) >= 11 is 0. The number of carbonyl (C=O) groups excluding carboxylic acids is 2. The maximum atomic E-state index is 13.3. The molecule has 1 aliphatic heterocycles. The first kappa shape index (κ1) is 16.7. The van der Waals surface area contributed by atoms with E-state index in [-0.39, 0.29) is 35.7 Å². The Kier molecular flexibility index (Phi) is 4.01. The molecule has 1 aromatic rings. The standard InChI is InChI=1S/C18H23FN2O3/c1-10-7-11(5-6-14(10)19)20-16(22)13-9-21(15-8-12(13)15)17(23)24-18(2,3)4/h5-7,12-13,15H,8-9H2,1-4H3,(H,20,22). The predicted octanol–water partition coefficient (Wildman–Crippen LogP) is 3.33. The summed E-state index contributed by atoms with van der Waals surface area (Å²) in [5.74, 6) is -0.473. The number of hydrogen-bond donors (Lipinski definition) is 1. The van der Waals surface area contributed by atoms with Crippen LogP contribution >= 0.6 is 0 Å². The van der Waals surface area contributed by atoms with Gasteiger partial charge in [-0.3, -0.25) is 4.79 Å². The Morgan fingerprint density at radius 2 is 2.04 bits per heavy atom. The number of nitrogens with one attached hydrogen (secondary N) is 1. The van der Waals surface area contributed by atoms with E-state index < -0.39 is 5.60 Å². The maximum absolute atomic E-state index is 13.3. The summed E-state index contributed by atoms with van der Waals surface area (Å²) in [5, 5.41) is 2.83. The smallest absolute Gasteiger partial charge is 0.410 e. The Morgan fingerprint density at radius 3 is 2.67 bits per heavy atom. The monoisotopic (exact) mass is 334 g/mol. The zero-order chi connectivity index (χ0) is 17.6. The Balaban J connectivity index is 1.63. The van der Waals surface area contributed by atoms with E-state index in [9.17, 15) is 14.0 Å². The van der Waals surface area contributed by atoms with Crippen LogP contribution in [0.15, 0.2) is 18.2 Å². The van der Waals surface area contributed by atoms with Crippen LogP contribution in [0.2, 0.25) is 0 Å². The zero-order valence-corrected chi connectivity index (χ0v) is 14.4. The summed E-state index contributed by atoms with van der Waals surface area (Å²) < 4.78 is 18.7. The SMILES string of the molecule is Cc1cc(NC(=O)C2CN(C(=O)OC(C)(C)C)C3CC23)ccc1F. The summed E-state index contributed by atoms with van der Waals surface area (Å²) in [6, 6.07) is 4.60. The first-order chi connectivity index (χ1) is 11.2. The van der Waals surface area contributed by atoms with Crippen molar-refractivity contribution in [1.82, 2.24) is 4.90 Å². The summed E-state index contributed by atoms with van der Waals surface area (Å²) in [6.07, 6.45) is 0.475. The summed E-state index contributed by atoms with van der Waals surface area (Å²) in [6.45, 7) is 7.50. The number of ether oxygens (including phenoxy) is 1. The molecule has 1 aliphatic carbocycles. The fourth-order valence-electron chi connectivity index (χ4n) is 3.24. The average Bonchev–Trinajstić information content (AvgIpc) is 3.14. The number of aryl methyl sites for hydroxylation is 1. The highest BCUT2D eigenvalue weighted by Gasteiger charge is 2.58. The van der Waals surface area contributed by atoms with Crippen LogP contribution in [0.1, 0.15) is 32.8 Å². The van der Waals surface area contributed by atoms with E-state index in [4.69, 9.17) is 4.74 Å². The van der Waals surface area contributed by atoms with Crippen LogP contribution in [-0.4, -0.2) is 35.1 Å². The highest BCUT2D eigenvalue weighted by atomic mass is 19.1. The molecule has 1 N–H and O–H groups in total. The Hall–Kier alpha value is -2.11. The van der Waals surface area contributed by atoms with Crippen molar-refractivity contribution in [2.24, 2.45) is 11.8 Å². The summed E-state index contributed by atoms with van der Waals surface area (Å²) in [5.41, 5.74) is 0.513. The molecule has 1 saturated heterocycles. The molecule has 130 valence electrons. The second-order valence-electron chi connectivity index (χ2n) is 7.66. The van der Waals surface area contributed by atoms with Crippen LogP contribution in [0.25, 0.3) is 0 Å². The van der Waals surface area contributed by atoms with Gasteiger partial charge in [-0.25, -0.2) is 9.18 Å². The third-order valence-corrected chi connectivity index (χ3v) is 4.51. The van der Waals surface area contributed by atoms with Gasteiger partial charge in [-0.05, 0) is 63.8 Å². The number of anilines is 1. The largest absolute Gasteiger partial charge is 0.444 e. The molecule has 3 rings (SSSR count). The number of halogens is 1. The number of piperidine rings is 1. The van der Waals surface area contributed by atoms with Gasteiger partial charge in [0.25, 0.3) is 0 Å². The van der Waals surface area contributed by atoms with E-state index >= 15 is 0 Å². The van der Waals surface area contributed by atoms with E-state index in [1.165, 1.54) is 6.07 Å². The van der Waals surface area contributed by atoms with Gasteiger partial charge in [-0.1, -0.05) is 0 Å². The van der Waals surface area contributed by atoms with Crippen molar-refractivity contribution in [2.75, 3.05) is 11.9 Å². The van der Waals surface area contributed by atoms with E-state index in [1.54, 1.807) is 24.0 Å². The van der Waals surface area contributed by atoms with Crippen molar-refractivity contribution in [3.63, 3.8) is 0 Å². The second kappa shape index (κ2) is 5.76. The molecule has 0 radical (unpaired) electrons. The van der Waals surface area contributed by atoms with Crippen molar-refractivity contribution in [3.05, 3.63) is 29.6 Å². The lowest BCUT2D eigenvalue weighted by Gasteiger charge is -2.26. The molecule has 2 amide bonds. The first-order valence-electron chi connectivity index (χ1n) is 8.22. The van der Waals surface area contributed by atoms with Gasteiger partial charge in [0.15, 0.2) is 0 Å². The molecule has 5 nitrogen and oxygen atoms in total. The number of nitrogens with zero attached hydrogens (tertiary/aromatic N) is 1. The van der Waals surface area contributed by atoms with Crippen LogP contribution < -0.4 is 5.32 Å². The molecular formula is C18H23FN2O3.